The topological polar surface area (TPSA) is 46.4 Å². The zero-order valence-corrected chi connectivity index (χ0v) is 51.6. The summed E-state index contributed by atoms with van der Waals surface area (Å²) in [7, 11) is 0. The van der Waals surface area contributed by atoms with E-state index in [9.17, 15) is 0 Å². The van der Waals surface area contributed by atoms with Gasteiger partial charge in [-0.15, -0.1) is 59.6 Å². The summed E-state index contributed by atoms with van der Waals surface area (Å²) >= 11 is 1.81. The number of para-hydroxylation sites is 2. The third-order valence-electron chi connectivity index (χ3n) is 16.3. The molecule has 4 aromatic heterocycles. The molecule has 0 amide bonds. The Bertz CT molecular complexity index is 4510. The molecule has 85 heavy (non-hydrogen) atoms. The van der Waals surface area contributed by atoms with E-state index in [1.165, 1.54) is 37.0 Å². The molecule has 0 bridgehead atoms. The summed E-state index contributed by atoms with van der Waals surface area (Å²) in [5.74, 6) is 2.53. The Hall–Kier alpha value is -8.87. The molecule has 420 valence electrons. The number of anilines is 4. The summed E-state index contributed by atoms with van der Waals surface area (Å²) in [5, 5.41) is 2.29. The predicted molar refractivity (Wildman–Crippen MR) is 351 cm³/mol. The maximum absolute atomic E-state index is 7.22. The Morgan fingerprint density at radius 3 is 1.73 bits per heavy atom. The van der Waals surface area contributed by atoms with E-state index in [2.05, 4.69) is 294 Å². The second kappa shape index (κ2) is 22.6. The fraction of sp³-hybridized carbons (Fsp3) is 0.130. The number of thiophene rings is 1. The van der Waals surface area contributed by atoms with Crippen LogP contribution in [-0.4, -0.2) is 14.5 Å². The number of ether oxygens (including phenoxy) is 1. The van der Waals surface area contributed by atoms with Crippen molar-refractivity contribution in [2.24, 2.45) is 0 Å². The van der Waals surface area contributed by atoms with Crippen LogP contribution in [0.5, 0.6) is 11.5 Å². The van der Waals surface area contributed by atoms with Gasteiger partial charge in [-0.1, -0.05) is 205 Å². The molecule has 0 aliphatic carbocycles. The summed E-state index contributed by atoms with van der Waals surface area (Å²) in [6, 6.07) is 83.7. The van der Waals surface area contributed by atoms with Gasteiger partial charge in [0.15, 0.2) is 0 Å². The molecule has 0 atom stereocenters. The molecular formula is C77H62N5OPtS-3. The average molecular weight is 1300 g/mol. The number of nitrogens with zero attached hydrogens (tertiary/aromatic N) is 5. The van der Waals surface area contributed by atoms with E-state index in [1.54, 1.807) is 0 Å². The fourth-order valence-electron chi connectivity index (χ4n) is 12.1. The van der Waals surface area contributed by atoms with Gasteiger partial charge in [0.2, 0.25) is 0 Å². The summed E-state index contributed by atoms with van der Waals surface area (Å²) in [4.78, 5) is 14.7. The molecule has 13 aromatic rings. The van der Waals surface area contributed by atoms with Crippen LogP contribution in [0.15, 0.2) is 231 Å². The van der Waals surface area contributed by atoms with E-state index >= 15 is 0 Å². The van der Waals surface area contributed by atoms with Gasteiger partial charge in [-0.2, -0.15) is 6.07 Å². The van der Waals surface area contributed by atoms with E-state index in [0.29, 0.717) is 11.5 Å². The SMILES string of the molecule is CC(C)c1cccc(C(C)C)c1-c1cc(Oc2[c-]c3c(cc2)c2sc4ccccc4c2n3-c2cc(C(C)(C)C)ccn2)[c-]c(N2[CH-]N(c3c(-c4cccc(-c5ccccc5)c4)cncc3-c3cccc(-c4ccccc4)c3)c3ccccc32)c1.[Pt]. The quantitative estimate of drug-likeness (QED) is 0.114. The van der Waals surface area contributed by atoms with Crippen molar-refractivity contribution in [2.45, 2.75) is 65.7 Å². The summed E-state index contributed by atoms with van der Waals surface area (Å²) < 4.78 is 11.9. The van der Waals surface area contributed by atoms with Gasteiger partial charge < -0.3 is 19.1 Å². The molecule has 14 rings (SSSR count). The molecule has 0 radical (unpaired) electrons. The number of aromatic nitrogens is 3. The largest absolute Gasteiger partial charge is 0.509 e. The number of pyridine rings is 2. The third-order valence-corrected chi connectivity index (χ3v) is 17.5. The van der Waals surface area contributed by atoms with Gasteiger partial charge in [0.1, 0.15) is 5.82 Å². The van der Waals surface area contributed by atoms with Gasteiger partial charge in [0.05, 0.1) is 5.52 Å². The van der Waals surface area contributed by atoms with Crippen LogP contribution < -0.4 is 14.5 Å². The average Bonchev–Trinajstić information content (AvgIpc) is 2.06. The molecule has 1 aliphatic heterocycles. The van der Waals surface area contributed by atoms with E-state index in [0.717, 1.165) is 95.1 Å². The van der Waals surface area contributed by atoms with Crippen LogP contribution in [0.2, 0.25) is 0 Å². The van der Waals surface area contributed by atoms with Crippen LogP contribution in [-0.2, 0) is 26.5 Å². The predicted octanol–water partition coefficient (Wildman–Crippen LogP) is 21.5. The van der Waals surface area contributed by atoms with Crippen LogP contribution >= 0.6 is 11.3 Å². The standard InChI is InChI=1S/C77H62N5OS.Pt/c1-49(2)62-30-20-31-63(50(3)4)73(62)57-41-59(44-61(42-57)83-60-35-36-64-70(45-60)82(72-43-58(37-38-79-72)77(5,6)7)75-65-29-14-17-34-71(65)84-76(64)75)80-48-81(69-33-16-15-32-68(69)80)74-66(55-27-18-25-53(39-55)51-21-10-8-11-22-51)46-78-47-67(74)56-28-19-26-54(40-56)52-23-12-9-13-24-52;/h8-43,46-50H,1-7H3;/q-3;. The van der Waals surface area contributed by atoms with Gasteiger partial charge in [-0.3, -0.25) is 4.98 Å². The van der Waals surface area contributed by atoms with Crippen molar-refractivity contribution in [3.8, 4) is 73.0 Å². The van der Waals surface area contributed by atoms with Crippen molar-refractivity contribution >= 4 is 65.3 Å². The number of benzene rings is 9. The Balaban J connectivity index is 0.00000672. The Morgan fingerprint density at radius 1 is 0.518 bits per heavy atom. The smallest absolute Gasteiger partial charge is 0.135 e. The first kappa shape index (κ1) is 55.3. The van der Waals surface area contributed by atoms with Crippen LogP contribution in [0.4, 0.5) is 22.7 Å². The first-order valence-electron chi connectivity index (χ1n) is 29.0. The minimum atomic E-state index is -0.0766. The fourth-order valence-corrected chi connectivity index (χ4v) is 13.4. The van der Waals surface area contributed by atoms with Crippen molar-refractivity contribution in [2.75, 3.05) is 9.80 Å². The monoisotopic (exact) mass is 1300 g/mol. The first-order chi connectivity index (χ1) is 40.9. The first-order valence-corrected chi connectivity index (χ1v) is 29.8. The second-order valence-electron chi connectivity index (χ2n) is 23.5. The Morgan fingerprint density at radius 2 is 1.09 bits per heavy atom. The summed E-state index contributed by atoms with van der Waals surface area (Å²) in [6.07, 6.45) is 5.97. The summed E-state index contributed by atoms with van der Waals surface area (Å²) in [5.41, 5.74) is 20.6. The molecule has 0 saturated heterocycles. The molecule has 0 saturated carbocycles. The minimum Gasteiger partial charge on any atom is -0.509 e. The summed E-state index contributed by atoms with van der Waals surface area (Å²) in [6.45, 7) is 18.1. The molecule has 0 fully saturated rings. The molecule has 1 aliphatic rings. The normalized spacial score (nSPS) is 12.4. The Labute approximate surface area is 517 Å². The molecule has 0 spiro atoms. The van der Waals surface area contributed by atoms with Crippen molar-refractivity contribution in [1.82, 2.24) is 14.5 Å². The maximum atomic E-state index is 7.22. The number of hydrogen-bond acceptors (Lipinski definition) is 6. The van der Waals surface area contributed by atoms with Crippen molar-refractivity contribution in [3.05, 3.63) is 266 Å². The molecular weight excluding hydrogens is 1240 g/mol. The molecule has 9 aromatic carbocycles. The van der Waals surface area contributed by atoms with E-state index in [4.69, 9.17) is 14.7 Å². The van der Waals surface area contributed by atoms with Gasteiger partial charge in [0, 0.05) is 94.1 Å². The Kier molecular flexibility index (Phi) is 14.7. The molecule has 0 N–H and O–H groups in total. The number of fused-ring (bicyclic) bond motifs is 6. The minimum absolute atomic E-state index is 0. The van der Waals surface area contributed by atoms with Gasteiger partial charge in [-0.05, 0) is 115 Å². The van der Waals surface area contributed by atoms with E-state index < -0.39 is 0 Å². The molecule has 5 heterocycles. The van der Waals surface area contributed by atoms with Crippen LogP contribution in [0, 0.1) is 18.8 Å². The van der Waals surface area contributed by atoms with Gasteiger partial charge in [-0.25, -0.2) is 4.98 Å². The van der Waals surface area contributed by atoms with Crippen molar-refractivity contribution in [1.29, 1.82) is 0 Å². The maximum Gasteiger partial charge on any atom is 0.135 e. The molecule has 0 unspecified atom stereocenters. The zero-order valence-electron chi connectivity index (χ0n) is 48.5. The van der Waals surface area contributed by atoms with Crippen LogP contribution in [0.1, 0.15) is 77.0 Å². The van der Waals surface area contributed by atoms with Gasteiger partial charge in [0.25, 0.3) is 0 Å². The second-order valence-corrected chi connectivity index (χ2v) is 24.6. The molecule has 6 nitrogen and oxygen atoms in total. The van der Waals surface area contributed by atoms with Gasteiger partial charge >= 0.3 is 0 Å². The molecule has 8 heteroatoms. The van der Waals surface area contributed by atoms with Crippen LogP contribution in [0.3, 0.4) is 0 Å². The third kappa shape index (κ3) is 10.2. The zero-order chi connectivity index (χ0) is 57.2. The van der Waals surface area contributed by atoms with Crippen molar-refractivity contribution in [3.63, 3.8) is 0 Å². The van der Waals surface area contributed by atoms with E-state index in [1.807, 2.05) is 29.9 Å². The van der Waals surface area contributed by atoms with Crippen molar-refractivity contribution < 1.29 is 25.8 Å². The number of hydrogen-bond donors (Lipinski definition) is 0. The van der Waals surface area contributed by atoms with E-state index in [-0.39, 0.29) is 38.3 Å². The number of rotatable bonds is 12. The van der Waals surface area contributed by atoms with Crippen LogP contribution in [0.25, 0.3) is 92.7 Å².